The third-order valence-electron chi connectivity index (χ3n) is 3.82. The van der Waals surface area contributed by atoms with E-state index < -0.39 is 0 Å². The molecule has 2 aromatic rings. The van der Waals surface area contributed by atoms with Crippen molar-refractivity contribution in [2.24, 2.45) is 7.05 Å². The molecule has 1 N–H and O–H groups in total. The van der Waals surface area contributed by atoms with E-state index in [1.807, 2.05) is 11.6 Å². The van der Waals surface area contributed by atoms with Gasteiger partial charge in [0.1, 0.15) is 12.4 Å². The Balaban J connectivity index is 1.79. The molecule has 0 spiro atoms. The average Bonchev–Trinajstić information content (AvgIpc) is 2.89. The van der Waals surface area contributed by atoms with Gasteiger partial charge in [-0.05, 0) is 12.8 Å². The highest BCUT2D eigenvalue weighted by atomic mass is 35.5. The van der Waals surface area contributed by atoms with Crippen LogP contribution in [0, 0.1) is 0 Å². The van der Waals surface area contributed by atoms with E-state index in [9.17, 15) is 5.11 Å². The molecule has 7 nitrogen and oxygen atoms in total. The largest absolute Gasteiger partial charge is 0.388 e. The number of aliphatic hydroxyl groups is 1. The van der Waals surface area contributed by atoms with Crippen molar-refractivity contribution < 1.29 is 5.11 Å². The topological polar surface area (TPSA) is 80.0 Å². The molecule has 0 aliphatic carbocycles. The maximum absolute atomic E-state index is 9.22. The maximum Gasteiger partial charge on any atom is 0.225 e. The Morgan fingerprint density at radius 1 is 1.33 bits per heavy atom. The molecule has 1 aliphatic heterocycles. The Morgan fingerprint density at radius 3 is 2.76 bits per heavy atom. The zero-order valence-electron chi connectivity index (χ0n) is 11.8. The normalized spacial score (nSPS) is 19.0. The molecule has 0 saturated carbocycles. The summed E-state index contributed by atoms with van der Waals surface area (Å²) in [6.45, 7) is 1.61. The first-order chi connectivity index (χ1) is 10.2. The lowest BCUT2D eigenvalue weighted by atomic mass is 9.97. The van der Waals surface area contributed by atoms with Gasteiger partial charge in [-0.15, -0.1) is 10.2 Å². The van der Waals surface area contributed by atoms with Gasteiger partial charge in [0.15, 0.2) is 5.82 Å². The maximum atomic E-state index is 9.22. The molecule has 0 radical (unpaired) electrons. The van der Waals surface area contributed by atoms with Crippen LogP contribution in [0.15, 0.2) is 12.4 Å². The van der Waals surface area contributed by atoms with Gasteiger partial charge in [-0.2, -0.15) is 0 Å². The lowest BCUT2D eigenvalue weighted by molar-refractivity contribution is 0.266. The van der Waals surface area contributed by atoms with Gasteiger partial charge in [-0.3, -0.25) is 0 Å². The Labute approximate surface area is 127 Å². The van der Waals surface area contributed by atoms with E-state index in [0.29, 0.717) is 16.8 Å². The molecule has 0 aromatic carbocycles. The zero-order chi connectivity index (χ0) is 14.8. The van der Waals surface area contributed by atoms with Crippen molar-refractivity contribution >= 4 is 17.5 Å². The van der Waals surface area contributed by atoms with Crippen molar-refractivity contribution in [2.75, 3.05) is 18.0 Å². The van der Waals surface area contributed by atoms with Crippen LogP contribution in [-0.2, 0) is 13.7 Å². The second-order valence-corrected chi connectivity index (χ2v) is 5.61. The number of anilines is 1. The van der Waals surface area contributed by atoms with Crippen molar-refractivity contribution in [1.29, 1.82) is 0 Å². The number of aromatic nitrogens is 5. The fourth-order valence-electron chi connectivity index (χ4n) is 2.71. The monoisotopic (exact) mass is 308 g/mol. The molecule has 0 bridgehead atoms. The second kappa shape index (κ2) is 5.95. The summed E-state index contributed by atoms with van der Waals surface area (Å²) in [5.74, 6) is 2.44. The predicted molar refractivity (Wildman–Crippen MR) is 78.2 cm³/mol. The number of piperidine rings is 1. The van der Waals surface area contributed by atoms with Gasteiger partial charge in [0.05, 0.1) is 17.4 Å². The molecular weight excluding hydrogens is 292 g/mol. The minimum atomic E-state index is -0.0970. The second-order valence-electron chi connectivity index (χ2n) is 5.18. The fraction of sp³-hybridized carbons (Fsp3) is 0.538. The SMILES string of the molecule is Cn1c(CO)nnc1C1CCCN(c2ncc(Cl)cn2)C1. The van der Waals surface area contributed by atoms with Crippen LogP contribution in [0.5, 0.6) is 0 Å². The molecule has 1 unspecified atom stereocenters. The molecule has 112 valence electrons. The number of hydrogen-bond acceptors (Lipinski definition) is 6. The molecule has 2 aromatic heterocycles. The van der Waals surface area contributed by atoms with E-state index in [1.54, 1.807) is 12.4 Å². The molecule has 1 aliphatic rings. The van der Waals surface area contributed by atoms with E-state index in [2.05, 4.69) is 25.1 Å². The highest BCUT2D eigenvalue weighted by molar-refractivity contribution is 6.30. The molecule has 21 heavy (non-hydrogen) atoms. The van der Waals surface area contributed by atoms with E-state index in [4.69, 9.17) is 11.6 Å². The van der Waals surface area contributed by atoms with Gasteiger partial charge in [0, 0.05) is 26.1 Å². The van der Waals surface area contributed by atoms with Crippen LogP contribution in [-0.4, -0.2) is 42.9 Å². The summed E-state index contributed by atoms with van der Waals surface area (Å²) < 4.78 is 1.87. The first kappa shape index (κ1) is 14.2. The highest BCUT2D eigenvalue weighted by Gasteiger charge is 2.27. The van der Waals surface area contributed by atoms with Gasteiger partial charge in [-0.25, -0.2) is 9.97 Å². The summed E-state index contributed by atoms with van der Waals surface area (Å²) in [7, 11) is 1.89. The first-order valence-electron chi connectivity index (χ1n) is 6.90. The van der Waals surface area contributed by atoms with Crippen LogP contribution in [0.4, 0.5) is 5.95 Å². The van der Waals surface area contributed by atoms with E-state index in [0.717, 1.165) is 31.8 Å². The smallest absolute Gasteiger partial charge is 0.225 e. The van der Waals surface area contributed by atoms with Crippen LogP contribution in [0.1, 0.15) is 30.4 Å². The van der Waals surface area contributed by atoms with E-state index in [1.165, 1.54) is 0 Å². The van der Waals surface area contributed by atoms with E-state index >= 15 is 0 Å². The van der Waals surface area contributed by atoms with Crippen LogP contribution in [0.3, 0.4) is 0 Å². The Hall–Kier alpha value is -1.73. The summed E-state index contributed by atoms with van der Waals surface area (Å²) in [4.78, 5) is 10.7. The summed E-state index contributed by atoms with van der Waals surface area (Å²) in [5.41, 5.74) is 0. The number of rotatable bonds is 3. The lowest BCUT2D eigenvalue weighted by Gasteiger charge is -2.32. The Morgan fingerprint density at radius 2 is 2.10 bits per heavy atom. The molecule has 1 saturated heterocycles. The molecular formula is C13H17ClN6O. The quantitative estimate of drug-likeness (QED) is 0.916. The van der Waals surface area contributed by atoms with Gasteiger partial charge in [-0.1, -0.05) is 11.6 Å². The first-order valence-corrected chi connectivity index (χ1v) is 7.28. The molecule has 3 rings (SSSR count). The van der Waals surface area contributed by atoms with Crippen molar-refractivity contribution in [3.63, 3.8) is 0 Å². The zero-order valence-corrected chi connectivity index (χ0v) is 12.5. The Bertz CT molecular complexity index is 614. The number of nitrogens with zero attached hydrogens (tertiary/aromatic N) is 6. The highest BCUT2D eigenvalue weighted by Crippen LogP contribution is 2.27. The van der Waals surface area contributed by atoms with E-state index in [-0.39, 0.29) is 12.5 Å². The van der Waals surface area contributed by atoms with Crippen molar-refractivity contribution in [2.45, 2.75) is 25.4 Å². The Kier molecular flexibility index (Phi) is 4.03. The molecule has 1 fully saturated rings. The molecule has 8 heteroatoms. The predicted octanol–water partition coefficient (Wildman–Crippen LogP) is 1.13. The fourth-order valence-corrected chi connectivity index (χ4v) is 2.80. The average molecular weight is 309 g/mol. The van der Waals surface area contributed by atoms with Crippen LogP contribution < -0.4 is 4.90 Å². The number of aliphatic hydroxyl groups excluding tert-OH is 1. The van der Waals surface area contributed by atoms with Crippen LogP contribution in [0.2, 0.25) is 5.02 Å². The van der Waals surface area contributed by atoms with Crippen LogP contribution >= 0.6 is 11.6 Å². The minimum Gasteiger partial charge on any atom is -0.388 e. The van der Waals surface area contributed by atoms with Gasteiger partial charge >= 0.3 is 0 Å². The summed E-state index contributed by atoms with van der Waals surface area (Å²) in [6, 6.07) is 0. The third kappa shape index (κ3) is 2.84. The number of halogens is 1. The van der Waals surface area contributed by atoms with Gasteiger partial charge in [0.2, 0.25) is 5.95 Å². The number of hydrogen-bond donors (Lipinski definition) is 1. The lowest BCUT2D eigenvalue weighted by Crippen LogP contribution is -2.36. The molecule has 3 heterocycles. The van der Waals surface area contributed by atoms with Crippen molar-refractivity contribution in [3.05, 3.63) is 29.1 Å². The minimum absolute atomic E-state index is 0.0970. The van der Waals surface area contributed by atoms with Gasteiger partial charge in [0.25, 0.3) is 0 Å². The standard InChI is InChI=1S/C13H17ClN6O/c1-19-11(8-21)17-18-12(19)9-3-2-4-20(7-9)13-15-5-10(14)6-16-13/h5-6,9,21H,2-4,7-8H2,1H3. The van der Waals surface area contributed by atoms with Crippen molar-refractivity contribution in [1.82, 2.24) is 24.7 Å². The molecule has 0 amide bonds. The summed E-state index contributed by atoms with van der Waals surface area (Å²) in [5, 5.41) is 18.0. The third-order valence-corrected chi connectivity index (χ3v) is 4.01. The van der Waals surface area contributed by atoms with Crippen LogP contribution in [0.25, 0.3) is 0 Å². The summed E-state index contributed by atoms with van der Waals surface area (Å²) in [6.07, 6.45) is 5.30. The van der Waals surface area contributed by atoms with Crippen molar-refractivity contribution in [3.8, 4) is 0 Å². The summed E-state index contributed by atoms with van der Waals surface area (Å²) >= 11 is 5.83. The molecule has 1 atom stereocenters. The van der Waals surface area contributed by atoms with Gasteiger partial charge < -0.3 is 14.6 Å².